The number of hydrogen-bond donors (Lipinski definition) is 1. The smallest absolute Gasteiger partial charge is 0.255 e. The molecule has 0 atom stereocenters. The summed E-state index contributed by atoms with van der Waals surface area (Å²) >= 11 is 0. The zero-order valence-electron chi connectivity index (χ0n) is 12.5. The van der Waals surface area contributed by atoms with Crippen LogP contribution in [-0.2, 0) is 9.84 Å². The van der Waals surface area contributed by atoms with Crippen LogP contribution in [0.1, 0.15) is 24.2 Å². The van der Waals surface area contributed by atoms with Crippen molar-refractivity contribution in [3.63, 3.8) is 0 Å². The average molecular weight is 339 g/mol. The van der Waals surface area contributed by atoms with E-state index in [1.807, 2.05) is 0 Å². The van der Waals surface area contributed by atoms with Gasteiger partial charge in [-0.2, -0.15) is 0 Å². The Hall–Kier alpha value is -2.28. The first-order valence-corrected chi connectivity index (χ1v) is 8.37. The number of nitrogens with one attached hydrogen (secondary N) is 1. The highest BCUT2D eigenvalue weighted by Gasteiger charge is 2.20. The second kappa shape index (κ2) is 6.45. The molecule has 2 rings (SSSR count). The van der Waals surface area contributed by atoms with E-state index in [4.69, 9.17) is 0 Å². The van der Waals surface area contributed by atoms with Gasteiger partial charge in [-0.3, -0.25) is 4.79 Å². The van der Waals surface area contributed by atoms with Crippen molar-refractivity contribution in [2.45, 2.75) is 24.0 Å². The van der Waals surface area contributed by atoms with Crippen molar-refractivity contribution >= 4 is 21.4 Å². The fraction of sp³-hybridized carbons (Fsp3) is 0.188. The number of anilines is 1. The van der Waals surface area contributed by atoms with Crippen molar-refractivity contribution in [3.05, 3.63) is 59.7 Å². The molecule has 0 fully saturated rings. The lowest BCUT2D eigenvalue weighted by molar-refractivity contribution is 0.102. The zero-order valence-corrected chi connectivity index (χ0v) is 13.3. The van der Waals surface area contributed by atoms with Gasteiger partial charge in [0.1, 0.15) is 17.3 Å². The summed E-state index contributed by atoms with van der Waals surface area (Å²) in [5.74, 6) is -2.52. The summed E-state index contributed by atoms with van der Waals surface area (Å²) < 4.78 is 51.0. The van der Waals surface area contributed by atoms with Crippen molar-refractivity contribution < 1.29 is 22.0 Å². The minimum Gasteiger partial charge on any atom is -0.317 e. The minimum absolute atomic E-state index is 0.0844. The van der Waals surface area contributed by atoms with E-state index >= 15 is 0 Å². The summed E-state index contributed by atoms with van der Waals surface area (Å²) in [6, 6.07) is 8.41. The Balaban J connectivity index is 2.25. The van der Waals surface area contributed by atoms with Crippen LogP contribution >= 0.6 is 0 Å². The van der Waals surface area contributed by atoms with Crippen molar-refractivity contribution in [2.24, 2.45) is 0 Å². The largest absolute Gasteiger partial charge is 0.317 e. The Kier molecular flexibility index (Phi) is 4.79. The van der Waals surface area contributed by atoms with Crippen molar-refractivity contribution in [1.29, 1.82) is 0 Å². The van der Waals surface area contributed by atoms with Gasteiger partial charge in [0.15, 0.2) is 9.84 Å². The number of rotatable bonds is 4. The van der Waals surface area contributed by atoms with Crippen molar-refractivity contribution in [2.75, 3.05) is 5.32 Å². The molecule has 23 heavy (non-hydrogen) atoms. The van der Waals surface area contributed by atoms with Crippen LogP contribution in [0.5, 0.6) is 0 Å². The van der Waals surface area contributed by atoms with E-state index in [0.717, 1.165) is 12.1 Å². The molecule has 0 aliphatic heterocycles. The second-order valence-corrected chi connectivity index (χ2v) is 7.67. The summed E-state index contributed by atoms with van der Waals surface area (Å²) in [7, 11) is -3.44. The maximum Gasteiger partial charge on any atom is 0.255 e. The van der Waals surface area contributed by atoms with Crippen LogP contribution in [0, 0.1) is 11.6 Å². The summed E-state index contributed by atoms with van der Waals surface area (Å²) in [6.07, 6.45) is 0. The van der Waals surface area contributed by atoms with Crippen LogP contribution in [0.25, 0.3) is 0 Å². The van der Waals surface area contributed by atoms with Gasteiger partial charge < -0.3 is 5.32 Å². The molecule has 4 nitrogen and oxygen atoms in total. The Morgan fingerprint density at radius 3 is 2.00 bits per heavy atom. The number of halogens is 2. The SMILES string of the molecule is CC(C)S(=O)(=O)c1ccc(C(=O)Nc2c(F)cccc2F)cc1. The van der Waals surface area contributed by atoms with E-state index in [0.29, 0.717) is 0 Å². The van der Waals surface area contributed by atoms with E-state index < -0.39 is 38.3 Å². The summed E-state index contributed by atoms with van der Waals surface area (Å²) in [5, 5.41) is 1.55. The standard InChI is InChI=1S/C16H15F2NO3S/c1-10(2)23(21,22)12-8-6-11(7-9-12)16(20)19-15-13(17)4-3-5-14(15)18/h3-10H,1-2H3,(H,19,20). The highest BCUT2D eigenvalue weighted by molar-refractivity contribution is 7.92. The number of para-hydroxylation sites is 1. The summed E-state index contributed by atoms with van der Waals surface area (Å²) in [4.78, 5) is 12.1. The second-order valence-electron chi connectivity index (χ2n) is 5.17. The lowest BCUT2D eigenvalue weighted by atomic mass is 10.2. The molecular weight excluding hydrogens is 324 g/mol. The summed E-state index contributed by atoms with van der Waals surface area (Å²) in [6.45, 7) is 3.10. The number of benzene rings is 2. The van der Waals surface area contributed by atoms with Gasteiger partial charge in [-0.15, -0.1) is 0 Å². The molecule has 0 aliphatic carbocycles. The number of carbonyl (C=O) groups is 1. The molecule has 0 aliphatic rings. The van der Waals surface area contributed by atoms with Crippen LogP contribution in [0.15, 0.2) is 47.4 Å². The lowest BCUT2D eigenvalue weighted by Crippen LogP contribution is -2.16. The van der Waals surface area contributed by atoms with Gasteiger partial charge in [0, 0.05) is 5.56 Å². The Labute approximate surface area is 133 Å². The molecule has 7 heteroatoms. The molecule has 122 valence electrons. The first-order chi connectivity index (χ1) is 10.7. The van der Waals surface area contributed by atoms with Gasteiger partial charge >= 0.3 is 0 Å². The van der Waals surface area contributed by atoms with Crippen LogP contribution in [0.4, 0.5) is 14.5 Å². The van der Waals surface area contributed by atoms with Crippen LogP contribution in [0.2, 0.25) is 0 Å². The van der Waals surface area contributed by atoms with Crippen LogP contribution < -0.4 is 5.32 Å². The van der Waals surface area contributed by atoms with Gasteiger partial charge in [-0.25, -0.2) is 17.2 Å². The molecule has 0 spiro atoms. The number of sulfone groups is 1. The van der Waals surface area contributed by atoms with Crippen molar-refractivity contribution in [1.82, 2.24) is 0 Å². The van der Waals surface area contributed by atoms with E-state index in [2.05, 4.69) is 5.32 Å². The molecule has 1 amide bonds. The van der Waals surface area contributed by atoms with Gasteiger partial charge in [0.25, 0.3) is 5.91 Å². The average Bonchev–Trinajstić information content (AvgIpc) is 2.51. The number of carbonyl (C=O) groups excluding carboxylic acids is 1. The predicted octanol–water partition coefficient (Wildman–Crippen LogP) is 3.40. The topological polar surface area (TPSA) is 63.2 Å². The normalized spacial score (nSPS) is 11.5. The first kappa shape index (κ1) is 17.1. The first-order valence-electron chi connectivity index (χ1n) is 6.83. The monoisotopic (exact) mass is 339 g/mol. The van der Waals surface area contributed by atoms with Crippen molar-refractivity contribution in [3.8, 4) is 0 Å². The van der Waals surface area contributed by atoms with Gasteiger partial charge in [0.2, 0.25) is 0 Å². The third kappa shape index (κ3) is 3.56. The summed E-state index contributed by atoms with van der Waals surface area (Å²) in [5.41, 5.74) is -0.452. The van der Waals surface area contributed by atoms with E-state index in [-0.39, 0.29) is 10.5 Å². The quantitative estimate of drug-likeness (QED) is 0.928. The third-order valence-corrected chi connectivity index (χ3v) is 5.44. The maximum atomic E-state index is 13.5. The minimum atomic E-state index is -3.44. The van der Waals surface area contributed by atoms with Crippen LogP contribution in [-0.4, -0.2) is 19.6 Å². The molecule has 0 heterocycles. The molecule has 2 aromatic carbocycles. The molecule has 0 saturated carbocycles. The molecule has 1 N–H and O–H groups in total. The molecule has 0 radical (unpaired) electrons. The highest BCUT2D eigenvalue weighted by atomic mass is 32.2. The van der Waals surface area contributed by atoms with E-state index in [1.165, 1.54) is 30.3 Å². The zero-order chi connectivity index (χ0) is 17.2. The Bertz CT molecular complexity index is 811. The lowest BCUT2D eigenvalue weighted by Gasteiger charge is -2.10. The molecule has 0 bridgehead atoms. The molecule has 0 saturated heterocycles. The Morgan fingerprint density at radius 1 is 1.00 bits per heavy atom. The fourth-order valence-corrected chi connectivity index (χ4v) is 2.93. The molecule has 0 aromatic heterocycles. The Morgan fingerprint density at radius 2 is 1.52 bits per heavy atom. The maximum absolute atomic E-state index is 13.5. The van der Waals surface area contributed by atoms with Gasteiger partial charge in [-0.05, 0) is 50.2 Å². The highest BCUT2D eigenvalue weighted by Crippen LogP contribution is 2.20. The molecule has 0 unspecified atom stereocenters. The van der Waals surface area contributed by atoms with E-state index in [1.54, 1.807) is 13.8 Å². The molecule has 2 aromatic rings. The van der Waals surface area contributed by atoms with E-state index in [9.17, 15) is 22.0 Å². The number of amides is 1. The van der Waals surface area contributed by atoms with Crippen LogP contribution in [0.3, 0.4) is 0 Å². The predicted molar refractivity (Wildman–Crippen MR) is 83.1 cm³/mol. The number of hydrogen-bond acceptors (Lipinski definition) is 3. The molecular formula is C16H15F2NO3S. The van der Waals surface area contributed by atoms with Gasteiger partial charge in [-0.1, -0.05) is 6.07 Å². The fourth-order valence-electron chi connectivity index (χ4n) is 1.87. The van der Waals surface area contributed by atoms with Gasteiger partial charge in [0.05, 0.1) is 10.1 Å². The third-order valence-electron chi connectivity index (χ3n) is 3.27.